The number of hydrogen-bond acceptors (Lipinski definition) is 3. The van der Waals surface area contributed by atoms with Gasteiger partial charge in [0.15, 0.2) is 0 Å². The molecular formula is C16H10Br2FNO2S2. The summed E-state index contributed by atoms with van der Waals surface area (Å²) in [6.07, 6.45) is 0. The first kappa shape index (κ1) is 17.8. The molecule has 0 aliphatic heterocycles. The minimum atomic E-state index is -3.73. The van der Waals surface area contributed by atoms with Gasteiger partial charge in [-0.1, -0.05) is 24.3 Å². The second-order valence-corrected chi connectivity index (χ2v) is 10.2. The fraction of sp³-hybridized carbons (Fsp3) is 0. The van der Waals surface area contributed by atoms with Crippen molar-refractivity contribution in [2.45, 2.75) is 4.90 Å². The van der Waals surface area contributed by atoms with E-state index in [2.05, 4.69) is 31.9 Å². The maximum atomic E-state index is 13.2. The summed E-state index contributed by atoms with van der Waals surface area (Å²) in [5, 5.41) is 5.14. The van der Waals surface area contributed by atoms with Gasteiger partial charge < -0.3 is 0 Å². The van der Waals surface area contributed by atoms with Crippen LogP contribution in [0, 0.1) is 5.82 Å². The van der Waals surface area contributed by atoms with Gasteiger partial charge in [0.25, 0.3) is 0 Å². The van der Waals surface area contributed by atoms with Crippen LogP contribution in [0.2, 0.25) is 0 Å². The average Bonchev–Trinajstić information content (AvgIpc) is 2.82. The Morgan fingerprint density at radius 1 is 0.833 bits per heavy atom. The molecule has 0 bridgehead atoms. The number of hydrogen-bond donors (Lipinski definition) is 1. The van der Waals surface area contributed by atoms with Crippen molar-refractivity contribution in [2.75, 3.05) is 0 Å². The van der Waals surface area contributed by atoms with Gasteiger partial charge in [0, 0.05) is 11.1 Å². The van der Waals surface area contributed by atoms with Gasteiger partial charge in [-0.05, 0) is 67.3 Å². The summed E-state index contributed by atoms with van der Waals surface area (Å²) >= 11 is 8.59. The molecule has 8 heteroatoms. The largest absolute Gasteiger partial charge is 0.238 e. The van der Waals surface area contributed by atoms with Gasteiger partial charge in [0.2, 0.25) is 10.0 Å². The number of benzene rings is 2. The lowest BCUT2D eigenvalue weighted by Gasteiger charge is -2.08. The molecule has 0 spiro atoms. The summed E-state index contributed by atoms with van der Waals surface area (Å²) in [6.45, 7) is 0. The molecule has 3 nitrogen and oxygen atoms in total. The van der Waals surface area contributed by atoms with Gasteiger partial charge in [-0.3, -0.25) is 0 Å². The van der Waals surface area contributed by atoms with E-state index in [-0.39, 0.29) is 10.7 Å². The molecule has 0 aliphatic rings. The Labute approximate surface area is 159 Å². The van der Waals surface area contributed by atoms with Crippen LogP contribution in [0.25, 0.3) is 22.3 Å². The smallest absolute Gasteiger partial charge is 0.225 e. The van der Waals surface area contributed by atoms with Crippen LogP contribution in [0.3, 0.4) is 0 Å². The monoisotopic (exact) mass is 489 g/mol. The van der Waals surface area contributed by atoms with Gasteiger partial charge in [0.1, 0.15) is 5.82 Å². The van der Waals surface area contributed by atoms with Crippen LogP contribution in [0.5, 0.6) is 0 Å². The fourth-order valence-electron chi connectivity index (χ4n) is 2.32. The fourth-order valence-corrected chi connectivity index (χ4v) is 6.11. The van der Waals surface area contributed by atoms with Gasteiger partial charge in [-0.2, -0.15) is 0 Å². The van der Waals surface area contributed by atoms with Crippen LogP contribution in [-0.2, 0) is 10.0 Å². The molecule has 24 heavy (non-hydrogen) atoms. The van der Waals surface area contributed by atoms with E-state index in [0.29, 0.717) is 0 Å². The highest BCUT2D eigenvalue weighted by Crippen LogP contribution is 2.48. The van der Waals surface area contributed by atoms with Gasteiger partial charge in [-0.15, -0.1) is 11.3 Å². The topological polar surface area (TPSA) is 60.2 Å². The summed E-state index contributed by atoms with van der Waals surface area (Å²) in [7, 11) is -3.73. The standard InChI is InChI=1S/C16H10Br2FNO2S2/c17-15-13(9-1-5-11(19)6-2-9)14(16(18)23-15)10-3-7-12(8-4-10)24(20,21)22/h1-8H,(H2,20,21,22). The number of primary sulfonamides is 1. The molecule has 1 aromatic heterocycles. The molecule has 0 radical (unpaired) electrons. The number of thiophene rings is 1. The molecule has 0 atom stereocenters. The Bertz CT molecular complexity index is 998. The normalized spacial score (nSPS) is 11.7. The molecule has 0 aliphatic carbocycles. The SMILES string of the molecule is NS(=O)(=O)c1ccc(-c2c(Br)sc(Br)c2-c2ccc(F)cc2)cc1. The summed E-state index contributed by atoms with van der Waals surface area (Å²) < 4.78 is 37.8. The summed E-state index contributed by atoms with van der Waals surface area (Å²) in [6, 6.07) is 12.6. The molecule has 124 valence electrons. The lowest BCUT2D eigenvalue weighted by molar-refractivity contribution is 0.598. The Hall–Kier alpha value is -1.06. The first-order valence-electron chi connectivity index (χ1n) is 6.64. The number of sulfonamides is 1. The van der Waals surface area contributed by atoms with Crippen LogP contribution >= 0.6 is 43.2 Å². The van der Waals surface area contributed by atoms with Crippen molar-refractivity contribution in [3.63, 3.8) is 0 Å². The Morgan fingerprint density at radius 2 is 1.25 bits per heavy atom. The minimum absolute atomic E-state index is 0.0556. The predicted molar refractivity (Wildman–Crippen MR) is 102 cm³/mol. The van der Waals surface area contributed by atoms with Crippen molar-refractivity contribution < 1.29 is 12.8 Å². The molecule has 0 amide bonds. The second kappa shape index (κ2) is 6.68. The summed E-state index contributed by atoms with van der Waals surface area (Å²) in [5.41, 5.74) is 3.50. The number of halogens is 3. The average molecular weight is 491 g/mol. The maximum absolute atomic E-state index is 13.2. The highest BCUT2D eigenvalue weighted by atomic mass is 79.9. The molecule has 0 saturated carbocycles. The summed E-state index contributed by atoms with van der Waals surface area (Å²) in [5.74, 6) is -0.303. The molecule has 3 rings (SSSR count). The van der Waals surface area contributed by atoms with Crippen molar-refractivity contribution in [1.29, 1.82) is 0 Å². The zero-order valence-electron chi connectivity index (χ0n) is 12.0. The quantitative estimate of drug-likeness (QED) is 0.534. The minimum Gasteiger partial charge on any atom is -0.225 e. The maximum Gasteiger partial charge on any atom is 0.238 e. The van der Waals surface area contributed by atoms with E-state index in [9.17, 15) is 12.8 Å². The van der Waals surface area contributed by atoms with Crippen LogP contribution in [0.1, 0.15) is 0 Å². The molecule has 0 saturated heterocycles. The third-order valence-corrected chi connectivity index (χ3v) is 6.89. The van der Waals surface area contributed by atoms with E-state index >= 15 is 0 Å². The van der Waals surface area contributed by atoms with E-state index in [1.165, 1.54) is 35.6 Å². The van der Waals surface area contributed by atoms with E-state index in [0.717, 1.165) is 29.8 Å². The first-order valence-corrected chi connectivity index (χ1v) is 10.6. The molecule has 0 unspecified atom stereocenters. The zero-order chi connectivity index (χ0) is 17.5. The van der Waals surface area contributed by atoms with Crippen molar-refractivity contribution >= 4 is 53.2 Å². The van der Waals surface area contributed by atoms with Crippen LogP contribution < -0.4 is 5.14 Å². The van der Waals surface area contributed by atoms with Crippen molar-refractivity contribution in [3.05, 3.63) is 61.9 Å². The van der Waals surface area contributed by atoms with Crippen molar-refractivity contribution in [3.8, 4) is 22.3 Å². The van der Waals surface area contributed by atoms with Gasteiger partial charge >= 0.3 is 0 Å². The number of rotatable bonds is 3. The lowest BCUT2D eigenvalue weighted by Crippen LogP contribution is -2.11. The molecule has 0 fully saturated rings. The Morgan fingerprint density at radius 3 is 1.67 bits per heavy atom. The predicted octanol–water partition coefficient (Wildman–Crippen LogP) is 5.39. The van der Waals surface area contributed by atoms with Crippen LogP contribution in [0.15, 0.2) is 61.0 Å². The highest BCUT2D eigenvalue weighted by molar-refractivity contribution is 9.12. The van der Waals surface area contributed by atoms with E-state index < -0.39 is 10.0 Å². The Kier molecular flexibility index (Phi) is 4.94. The van der Waals surface area contributed by atoms with Crippen LogP contribution in [-0.4, -0.2) is 8.42 Å². The summed E-state index contributed by atoms with van der Waals surface area (Å²) in [4.78, 5) is 0.0556. The second-order valence-electron chi connectivity index (χ2n) is 4.98. The van der Waals surface area contributed by atoms with Gasteiger partial charge in [0.05, 0.1) is 12.5 Å². The Balaban J connectivity index is 2.17. The van der Waals surface area contributed by atoms with Crippen molar-refractivity contribution in [2.24, 2.45) is 5.14 Å². The van der Waals surface area contributed by atoms with E-state index in [4.69, 9.17) is 5.14 Å². The van der Waals surface area contributed by atoms with Gasteiger partial charge in [-0.25, -0.2) is 17.9 Å². The molecule has 1 heterocycles. The molecule has 2 aromatic carbocycles. The molecular weight excluding hydrogens is 481 g/mol. The third kappa shape index (κ3) is 3.48. The van der Waals surface area contributed by atoms with Crippen molar-refractivity contribution in [1.82, 2.24) is 0 Å². The van der Waals surface area contributed by atoms with Crippen LogP contribution in [0.4, 0.5) is 4.39 Å². The first-order chi connectivity index (χ1) is 11.3. The third-order valence-electron chi connectivity index (χ3n) is 3.43. The molecule has 2 N–H and O–H groups in total. The van der Waals surface area contributed by atoms with E-state index in [1.807, 2.05) is 0 Å². The lowest BCUT2D eigenvalue weighted by atomic mass is 9.99. The van der Waals surface area contributed by atoms with E-state index in [1.54, 1.807) is 24.3 Å². The zero-order valence-corrected chi connectivity index (χ0v) is 16.8. The number of nitrogens with two attached hydrogens (primary N) is 1. The highest BCUT2D eigenvalue weighted by Gasteiger charge is 2.19. The molecule has 3 aromatic rings.